The molecule has 1 heterocycles. The highest BCUT2D eigenvalue weighted by atomic mass is 32.2. The summed E-state index contributed by atoms with van der Waals surface area (Å²) in [5.74, 6) is 0. The van der Waals surface area contributed by atoms with Gasteiger partial charge >= 0.3 is 0 Å². The number of nitrogens with two attached hydrogens (primary N) is 1. The normalized spacial score (nSPS) is 17.3. The number of rotatable bonds is 2. The Hall–Kier alpha value is -1.49. The maximum absolute atomic E-state index is 12.7. The average molecular weight is 278 g/mol. The highest BCUT2D eigenvalue weighted by Crippen LogP contribution is 2.34. The van der Waals surface area contributed by atoms with Crippen molar-refractivity contribution in [1.29, 1.82) is 0 Å². The molecule has 1 aliphatic carbocycles. The van der Waals surface area contributed by atoms with Gasteiger partial charge in [-0.2, -0.15) is 0 Å². The second kappa shape index (κ2) is 4.27. The zero-order chi connectivity index (χ0) is 13.6. The first-order valence-corrected chi connectivity index (χ1v) is 8.13. The molecular formula is C14H18N2O2S. The van der Waals surface area contributed by atoms with E-state index in [1.54, 1.807) is 6.07 Å². The van der Waals surface area contributed by atoms with E-state index in [2.05, 4.69) is 0 Å². The van der Waals surface area contributed by atoms with Crippen LogP contribution in [0.3, 0.4) is 0 Å². The molecular weight excluding hydrogens is 260 g/mol. The number of sulfone groups is 1. The van der Waals surface area contributed by atoms with E-state index in [0.717, 1.165) is 36.6 Å². The molecule has 1 aliphatic rings. The summed E-state index contributed by atoms with van der Waals surface area (Å²) < 4.78 is 27.4. The van der Waals surface area contributed by atoms with Gasteiger partial charge < -0.3 is 10.3 Å². The molecule has 0 amide bonds. The molecule has 5 heteroatoms. The largest absolute Gasteiger partial charge is 0.399 e. The van der Waals surface area contributed by atoms with Crippen LogP contribution in [-0.4, -0.2) is 18.2 Å². The van der Waals surface area contributed by atoms with Crippen LogP contribution in [0.25, 0.3) is 10.9 Å². The minimum absolute atomic E-state index is 0.238. The van der Waals surface area contributed by atoms with Crippen molar-refractivity contribution in [2.75, 3.05) is 5.73 Å². The van der Waals surface area contributed by atoms with Gasteiger partial charge in [-0.15, -0.1) is 0 Å². The lowest BCUT2D eigenvalue weighted by atomic mass is 10.2. The van der Waals surface area contributed by atoms with Crippen molar-refractivity contribution >= 4 is 26.4 Å². The molecule has 3 rings (SSSR count). The fourth-order valence-electron chi connectivity index (χ4n) is 2.97. The third-order valence-electron chi connectivity index (χ3n) is 4.03. The van der Waals surface area contributed by atoms with Gasteiger partial charge in [-0.1, -0.05) is 12.8 Å². The molecule has 0 aliphatic heterocycles. The fraction of sp³-hybridized carbons (Fsp3) is 0.429. The Bertz CT molecular complexity index is 725. The minimum atomic E-state index is -3.27. The summed E-state index contributed by atoms with van der Waals surface area (Å²) in [5, 5.41) is 0.543. The van der Waals surface area contributed by atoms with E-state index >= 15 is 0 Å². The van der Waals surface area contributed by atoms with Gasteiger partial charge in [-0.25, -0.2) is 8.42 Å². The van der Waals surface area contributed by atoms with Gasteiger partial charge in [0, 0.05) is 24.3 Å². The summed E-state index contributed by atoms with van der Waals surface area (Å²) in [6, 6.07) is 5.29. The Balaban J connectivity index is 2.24. The van der Waals surface area contributed by atoms with Gasteiger partial charge in [-0.3, -0.25) is 0 Å². The lowest BCUT2D eigenvalue weighted by Gasteiger charge is -2.13. The predicted octanol–water partition coefficient (Wildman–Crippen LogP) is 2.48. The Morgan fingerprint density at radius 1 is 1.26 bits per heavy atom. The maximum Gasteiger partial charge on any atom is 0.181 e. The topological polar surface area (TPSA) is 65.1 Å². The van der Waals surface area contributed by atoms with Crippen LogP contribution in [0, 0.1) is 0 Å². The van der Waals surface area contributed by atoms with Gasteiger partial charge in [-0.05, 0) is 31.0 Å². The van der Waals surface area contributed by atoms with Crippen molar-refractivity contribution in [2.24, 2.45) is 7.05 Å². The van der Waals surface area contributed by atoms with Crippen LogP contribution in [0.4, 0.5) is 5.69 Å². The summed E-state index contributed by atoms with van der Waals surface area (Å²) in [4.78, 5) is 0.398. The quantitative estimate of drug-likeness (QED) is 0.858. The Morgan fingerprint density at radius 3 is 2.63 bits per heavy atom. The van der Waals surface area contributed by atoms with E-state index in [1.165, 1.54) is 0 Å². The van der Waals surface area contributed by atoms with Crippen molar-refractivity contribution in [2.45, 2.75) is 35.8 Å². The van der Waals surface area contributed by atoms with E-state index in [4.69, 9.17) is 5.73 Å². The summed E-state index contributed by atoms with van der Waals surface area (Å²) in [7, 11) is -1.37. The molecule has 0 saturated heterocycles. The Labute approximate surface area is 113 Å². The molecule has 0 radical (unpaired) electrons. The number of hydrogen-bond donors (Lipinski definition) is 1. The van der Waals surface area contributed by atoms with Crippen molar-refractivity contribution in [3.8, 4) is 0 Å². The molecule has 1 saturated carbocycles. The maximum atomic E-state index is 12.7. The number of anilines is 1. The summed E-state index contributed by atoms with van der Waals surface area (Å²) in [6.07, 6.45) is 5.42. The van der Waals surface area contributed by atoms with E-state index in [-0.39, 0.29) is 5.25 Å². The highest BCUT2D eigenvalue weighted by molar-refractivity contribution is 7.92. The van der Waals surface area contributed by atoms with Crippen LogP contribution in [0.15, 0.2) is 29.3 Å². The molecule has 0 atom stereocenters. The molecule has 2 N–H and O–H groups in total. The number of aromatic nitrogens is 1. The Morgan fingerprint density at radius 2 is 1.95 bits per heavy atom. The summed E-state index contributed by atoms with van der Waals surface area (Å²) >= 11 is 0. The number of nitrogen functional groups attached to an aromatic ring is 1. The first-order chi connectivity index (χ1) is 9.00. The number of fused-ring (bicyclic) bond motifs is 1. The molecule has 19 heavy (non-hydrogen) atoms. The van der Waals surface area contributed by atoms with Crippen LogP contribution in [0.1, 0.15) is 25.7 Å². The van der Waals surface area contributed by atoms with E-state index in [1.807, 2.05) is 29.9 Å². The third-order valence-corrected chi connectivity index (χ3v) is 6.33. The first-order valence-electron chi connectivity index (χ1n) is 6.58. The van der Waals surface area contributed by atoms with Crippen LogP contribution in [-0.2, 0) is 16.9 Å². The van der Waals surface area contributed by atoms with Crippen LogP contribution in [0.2, 0.25) is 0 Å². The summed E-state index contributed by atoms with van der Waals surface area (Å²) in [6.45, 7) is 0. The highest BCUT2D eigenvalue weighted by Gasteiger charge is 2.31. The number of aryl methyl sites for hydroxylation is 1. The van der Waals surface area contributed by atoms with E-state index in [0.29, 0.717) is 10.6 Å². The summed E-state index contributed by atoms with van der Waals surface area (Å²) in [5.41, 5.74) is 7.25. The van der Waals surface area contributed by atoms with E-state index in [9.17, 15) is 8.42 Å². The molecule has 1 fully saturated rings. The van der Waals surface area contributed by atoms with Gasteiger partial charge in [0.25, 0.3) is 0 Å². The number of nitrogens with zero attached hydrogens (tertiary/aromatic N) is 1. The average Bonchev–Trinajstić information content (AvgIpc) is 2.99. The van der Waals surface area contributed by atoms with Crippen molar-refractivity contribution in [3.05, 3.63) is 24.4 Å². The lowest BCUT2D eigenvalue weighted by molar-refractivity contribution is 0.580. The monoisotopic (exact) mass is 278 g/mol. The molecule has 2 aromatic rings. The zero-order valence-electron chi connectivity index (χ0n) is 11.0. The van der Waals surface area contributed by atoms with Crippen molar-refractivity contribution in [3.63, 3.8) is 0 Å². The Kier molecular flexibility index (Phi) is 2.82. The second-order valence-corrected chi connectivity index (χ2v) is 7.53. The van der Waals surface area contributed by atoms with Crippen LogP contribution >= 0.6 is 0 Å². The third kappa shape index (κ3) is 1.92. The fourth-order valence-corrected chi connectivity index (χ4v) is 5.06. The molecule has 1 aromatic carbocycles. The predicted molar refractivity (Wildman–Crippen MR) is 76.8 cm³/mol. The van der Waals surface area contributed by atoms with Gasteiger partial charge in [0.2, 0.25) is 0 Å². The standard InChI is InChI=1S/C14H18N2O2S/c1-16-7-6-12-13(16)8-10(15)9-14(12)19(17,18)11-4-2-3-5-11/h6-9,11H,2-5,15H2,1H3. The molecule has 0 spiro atoms. The SMILES string of the molecule is Cn1ccc2c(S(=O)(=O)C3CCCC3)cc(N)cc21. The van der Waals surface area contributed by atoms with Gasteiger partial charge in [0.1, 0.15) is 0 Å². The van der Waals surface area contributed by atoms with Crippen molar-refractivity contribution < 1.29 is 8.42 Å². The second-order valence-electron chi connectivity index (χ2n) is 5.33. The molecule has 4 nitrogen and oxygen atoms in total. The van der Waals surface area contributed by atoms with Crippen LogP contribution in [0.5, 0.6) is 0 Å². The van der Waals surface area contributed by atoms with Gasteiger partial charge in [0.05, 0.1) is 15.7 Å². The first kappa shape index (κ1) is 12.5. The van der Waals surface area contributed by atoms with Crippen molar-refractivity contribution in [1.82, 2.24) is 4.57 Å². The lowest BCUT2D eigenvalue weighted by Crippen LogP contribution is -2.18. The van der Waals surface area contributed by atoms with Crippen LogP contribution < -0.4 is 5.73 Å². The number of hydrogen-bond acceptors (Lipinski definition) is 3. The zero-order valence-corrected chi connectivity index (χ0v) is 11.8. The molecule has 0 unspecified atom stereocenters. The van der Waals surface area contributed by atoms with E-state index < -0.39 is 9.84 Å². The number of benzene rings is 1. The van der Waals surface area contributed by atoms with Gasteiger partial charge in [0.15, 0.2) is 9.84 Å². The minimum Gasteiger partial charge on any atom is -0.399 e. The smallest absolute Gasteiger partial charge is 0.181 e. The molecule has 0 bridgehead atoms. The molecule has 102 valence electrons. The molecule has 1 aromatic heterocycles.